The number of rotatable bonds is 6. The first kappa shape index (κ1) is 20.8. The van der Waals surface area contributed by atoms with Crippen molar-refractivity contribution in [1.82, 2.24) is 4.90 Å². The molecular formula is C14H30NO5P. The Hall–Kier alpha value is -0.230. The zero-order valence-electron chi connectivity index (χ0n) is 13.7. The predicted molar refractivity (Wildman–Crippen MR) is 84.1 cm³/mol. The van der Waals surface area contributed by atoms with Crippen LogP contribution in [0.2, 0.25) is 0 Å². The second kappa shape index (κ2) is 10.5. The zero-order chi connectivity index (χ0) is 16.5. The van der Waals surface area contributed by atoms with Crippen molar-refractivity contribution in [2.45, 2.75) is 44.8 Å². The third kappa shape index (κ3) is 12.0. The van der Waals surface area contributed by atoms with Crippen LogP contribution in [0.3, 0.4) is 0 Å². The van der Waals surface area contributed by atoms with Gasteiger partial charge in [-0.25, -0.2) is 4.57 Å². The number of phosphoric acid groups is 1. The van der Waals surface area contributed by atoms with Crippen LogP contribution < -0.4 is 0 Å². The Morgan fingerprint density at radius 3 is 2.29 bits per heavy atom. The normalized spacial score (nSPS) is 21.6. The first-order chi connectivity index (χ1) is 9.65. The van der Waals surface area contributed by atoms with E-state index < -0.39 is 13.9 Å². The van der Waals surface area contributed by atoms with Crippen molar-refractivity contribution in [2.24, 2.45) is 5.92 Å². The fourth-order valence-corrected chi connectivity index (χ4v) is 2.73. The summed E-state index contributed by atoms with van der Waals surface area (Å²) in [5.74, 6) is 0.507. The number of hydrogen-bond acceptors (Lipinski definition) is 4. The first-order valence-electron chi connectivity index (χ1n) is 7.18. The second-order valence-corrected chi connectivity index (χ2v) is 7.00. The summed E-state index contributed by atoms with van der Waals surface area (Å²) in [5, 5.41) is 0. The largest absolute Gasteiger partial charge is 0.469 e. The van der Waals surface area contributed by atoms with Crippen molar-refractivity contribution in [3.05, 3.63) is 12.2 Å². The number of ether oxygens (including phenoxy) is 1. The minimum atomic E-state index is -4.44. The van der Waals surface area contributed by atoms with Crippen molar-refractivity contribution in [3.63, 3.8) is 0 Å². The van der Waals surface area contributed by atoms with Gasteiger partial charge in [-0.2, -0.15) is 0 Å². The van der Waals surface area contributed by atoms with Crippen molar-refractivity contribution in [2.75, 3.05) is 28.3 Å². The van der Waals surface area contributed by atoms with Crippen molar-refractivity contribution in [1.29, 1.82) is 0 Å². The minimum Gasteiger partial charge on any atom is -0.379 e. The molecule has 0 radical (unpaired) electrons. The van der Waals surface area contributed by atoms with Crippen LogP contribution >= 0.6 is 7.82 Å². The average Bonchev–Trinajstić information content (AvgIpc) is 2.34. The van der Waals surface area contributed by atoms with E-state index in [1.54, 1.807) is 14.0 Å². The molecule has 0 bridgehead atoms. The zero-order valence-corrected chi connectivity index (χ0v) is 14.6. The molecule has 1 aliphatic rings. The van der Waals surface area contributed by atoms with E-state index >= 15 is 0 Å². The lowest BCUT2D eigenvalue weighted by atomic mass is 9.88. The van der Waals surface area contributed by atoms with E-state index in [-0.39, 0.29) is 6.10 Å². The summed E-state index contributed by atoms with van der Waals surface area (Å²) in [7, 11) is 3.11. The maximum absolute atomic E-state index is 10.8. The Morgan fingerprint density at radius 2 is 1.90 bits per heavy atom. The predicted octanol–water partition coefficient (Wildman–Crippen LogP) is 2.42. The maximum atomic E-state index is 10.8. The molecule has 3 atom stereocenters. The van der Waals surface area contributed by atoms with Crippen molar-refractivity contribution in [3.8, 4) is 0 Å². The van der Waals surface area contributed by atoms with Gasteiger partial charge in [-0.05, 0) is 59.7 Å². The standard InChI is InChI=1S/C11H21O5P.C3H9N/c1-9(16-17(12,13)14)11(15-2)8-10-6-4-3-5-7-10;1-4(2)3/h3-4,9-11H,5-8H2,1-2H3,(H2,12,13,14);1-3H3. The molecule has 0 spiro atoms. The second-order valence-electron chi connectivity index (χ2n) is 5.80. The summed E-state index contributed by atoms with van der Waals surface area (Å²) >= 11 is 0. The van der Waals surface area contributed by atoms with Gasteiger partial charge in [-0.3, -0.25) is 4.52 Å². The third-order valence-corrected chi connectivity index (χ3v) is 3.68. The summed E-state index contributed by atoms with van der Waals surface area (Å²) < 4.78 is 20.7. The topological polar surface area (TPSA) is 79.2 Å². The lowest BCUT2D eigenvalue weighted by Crippen LogP contribution is -2.30. The van der Waals surface area contributed by atoms with Gasteiger partial charge in [0.05, 0.1) is 12.2 Å². The SMILES string of the molecule is CN(C)C.COC(CC1CC=CCC1)C(C)OP(=O)(O)O. The van der Waals surface area contributed by atoms with Gasteiger partial charge in [-0.1, -0.05) is 12.2 Å². The molecule has 0 aliphatic heterocycles. The van der Waals surface area contributed by atoms with Gasteiger partial charge in [-0.15, -0.1) is 0 Å². The molecular weight excluding hydrogens is 293 g/mol. The number of methoxy groups -OCH3 is 1. The van der Waals surface area contributed by atoms with E-state index in [0.717, 1.165) is 25.7 Å². The van der Waals surface area contributed by atoms with Crippen LogP contribution in [0.5, 0.6) is 0 Å². The molecule has 0 fully saturated rings. The molecule has 126 valence electrons. The number of hydrogen-bond donors (Lipinski definition) is 2. The van der Waals surface area contributed by atoms with E-state index in [9.17, 15) is 4.57 Å². The molecule has 0 saturated carbocycles. The van der Waals surface area contributed by atoms with Gasteiger partial charge < -0.3 is 19.4 Å². The van der Waals surface area contributed by atoms with Crippen LogP contribution in [0, 0.1) is 5.92 Å². The van der Waals surface area contributed by atoms with Gasteiger partial charge in [0.15, 0.2) is 0 Å². The Bertz CT molecular complexity index is 340. The molecule has 0 saturated heterocycles. The Kier molecular flexibility index (Phi) is 10.4. The molecule has 6 nitrogen and oxygen atoms in total. The highest BCUT2D eigenvalue weighted by Crippen LogP contribution is 2.39. The molecule has 1 aliphatic carbocycles. The molecule has 0 aromatic carbocycles. The van der Waals surface area contributed by atoms with E-state index in [1.165, 1.54) is 0 Å². The smallest absolute Gasteiger partial charge is 0.379 e. The monoisotopic (exact) mass is 323 g/mol. The minimum absolute atomic E-state index is 0.279. The van der Waals surface area contributed by atoms with Gasteiger partial charge in [0.2, 0.25) is 0 Å². The van der Waals surface area contributed by atoms with Gasteiger partial charge >= 0.3 is 7.82 Å². The molecule has 3 unspecified atom stereocenters. The molecule has 0 aromatic rings. The van der Waals surface area contributed by atoms with Gasteiger partial charge in [0.1, 0.15) is 0 Å². The summed E-state index contributed by atoms with van der Waals surface area (Å²) in [6.07, 6.45) is 7.35. The van der Waals surface area contributed by atoms with Crippen LogP contribution in [0.15, 0.2) is 12.2 Å². The summed E-state index contributed by atoms with van der Waals surface area (Å²) in [6.45, 7) is 1.63. The average molecular weight is 323 g/mol. The van der Waals surface area contributed by atoms with Gasteiger partial charge in [0, 0.05) is 7.11 Å². The highest BCUT2D eigenvalue weighted by molar-refractivity contribution is 7.46. The molecule has 2 N–H and O–H groups in total. The Balaban J connectivity index is 0.000000885. The number of phosphoric ester groups is 1. The molecule has 1 rings (SSSR count). The highest BCUT2D eigenvalue weighted by atomic mass is 31.2. The number of allylic oxidation sites excluding steroid dienone is 2. The van der Waals surface area contributed by atoms with Crippen molar-refractivity contribution >= 4 is 7.82 Å². The van der Waals surface area contributed by atoms with Crippen LogP contribution in [-0.4, -0.2) is 55.1 Å². The number of nitrogens with zero attached hydrogens (tertiary/aromatic N) is 1. The Labute approximate surface area is 128 Å². The molecule has 0 heterocycles. The molecule has 0 amide bonds. The summed E-state index contributed by atoms with van der Waals surface area (Å²) in [4.78, 5) is 19.5. The van der Waals surface area contributed by atoms with Crippen LogP contribution in [0.4, 0.5) is 0 Å². The van der Waals surface area contributed by atoms with Crippen LogP contribution in [0.25, 0.3) is 0 Å². The fourth-order valence-electron chi connectivity index (χ4n) is 2.16. The highest BCUT2D eigenvalue weighted by Gasteiger charge is 2.28. The lowest BCUT2D eigenvalue weighted by Gasteiger charge is -2.27. The van der Waals surface area contributed by atoms with E-state index in [4.69, 9.17) is 14.5 Å². The third-order valence-electron chi connectivity index (χ3n) is 3.07. The van der Waals surface area contributed by atoms with Gasteiger partial charge in [0.25, 0.3) is 0 Å². The first-order valence-corrected chi connectivity index (χ1v) is 8.71. The Morgan fingerprint density at radius 1 is 1.33 bits per heavy atom. The quantitative estimate of drug-likeness (QED) is 0.577. The van der Waals surface area contributed by atoms with E-state index in [0.29, 0.717) is 5.92 Å². The van der Waals surface area contributed by atoms with Crippen molar-refractivity contribution < 1.29 is 23.6 Å². The van der Waals surface area contributed by atoms with Crippen LogP contribution in [0.1, 0.15) is 32.6 Å². The summed E-state index contributed by atoms with van der Waals surface area (Å²) in [5.41, 5.74) is 0. The van der Waals surface area contributed by atoms with Crippen LogP contribution in [-0.2, 0) is 13.8 Å². The molecule has 7 heteroatoms. The van der Waals surface area contributed by atoms with E-state index in [1.807, 2.05) is 26.0 Å². The fraction of sp³-hybridized carbons (Fsp3) is 0.857. The molecule has 0 aromatic heterocycles. The summed E-state index contributed by atoms with van der Waals surface area (Å²) in [6, 6.07) is 0. The lowest BCUT2D eigenvalue weighted by molar-refractivity contribution is -0.0160. The maximum Gasteiger partial charge on any atom is 0.469 e. The molecule has 21 heavy (non-hydrogen) atoms. The van der Waals surface area contributed by atoms with E-state index in [2.05, 4.69) is 16.7 Å².